The molecule has 1 heterocycles. The third-order valence-electron chi connectivity index (χ3n) is 3.41. The van der Waals surface area contributed by atoms with Crippen LogP contribution in [0.25, 0.3) is 5.57 Å². The summed E-state index contributed by atoms with van der Waals surface area (Å²) in [5.74, 6) is 0. The lowest BCUT2D eigenvalue weighted by Gasteiger charge is -2.23. The molecule has 4 heteroatoms. The number of rotatable bonds is 3. The first-order chi connectivity index (χ1) is 8.99. The van der Waals surface area contributed by atoms with Gasteiger partial charge in [-0.25, -0.2) is 4.21 Å². The molecular weight excluding hydrogens is 258 g/mol. The molecule has 0 radical (unpaired) electrons. The van der Waals surface area contributed by atoms with Crippen molar-refractivity contribution in [1.29, 1.82) is 0 Å². The van der Waals surface area contributed by atoms with Crippen molar-refractivity contribution in [2.24, 2.45) is 4.36 Å². The lowest BCUT2D eigenvalue weighted by atomic mass is 10.1. The quantitative estimate of drug-likeness (QED) is 0.847. The third kappa shape index (κ3) is 3.67. The lowest BCUT2D eigenvalue weighted by molar-refractivity contribution is 0.0990. The Morgan fingerprint density at radius 2 is 2.11 bits per heavy atom. The van der Waals surface area contributed by atoms with Crippen LogP contribution in [0, 0.1) is 0 Å². The van der Waals surface area contributed by atoms with Crippen molar-refractivity contribution in [2.45, 2.75) is 25.0 Å². The van der Waals surface area contributed by atoms with Crippen molar-refractivity contribution >= 4 is 21.0 Å². The number of nitrogens with zero attached hydrogens (tertiary/aromatic N) is 1. The maximum absolute atomic E-state index is 12.7. The molecule has 0 N–H and O–H groups in total. The normalized spacial score (nSPS) is 19.7. The van der Waals surface area contributed by atoms with Gasteiger partial charge in [-0.15, -0.1) is 0 Å². The van der Waals surface area contributed by atoms with Crippen LogP contribution >= 0.6 is 0 Å². The molecule has 0 bridgehead atoms. The predicted molar refractivity (Wildman–Crippen MR) is 81.1 cm³/mol. The highest BCUT2D eigenvalue weighted by atomic mass is 32.2. The molecule has 0 amide bonds. The predicted octanol–water partition coefficient (Wildman–Crippen LogP) is 3.63. The molecule has 1 aliphatic heterocycles. The van der Waals surface area contributed by atoms with Crippen molar-refractivity contribution in [3.8, 4) is 0 Å². The van der Waals surface area contributed by atoms with Crippen molar-refractivity contribution in [2.75, 3.05) is 19.5 Å². The van der Waals surface area contributed by atoms with Crippen LogP contribution in [-0.4, -0.2) is 28.9 Å². The molecule has 1 atom stereocenters. The molecule has 1 aromatic rings. The van der Waals surface area contributed by atoms with E-state index in [2.05, 4.69) is 10.9 Å². The number of allylic oxidation sites excluding steroid dienone is 1. The van der Waals surface area contributed by atoms with Crippen LogP contribution < -0.4 is 0 Å². The highest BCUT2D eigenvalue weighted by Gasteiger charge is 2.22. The maximum Gasteiger partial charge on any atom is 0.0736 e. The highest BCUT2D eigenvalue weighted by Crippen LogP contribution is 2.24. The first kappa shape index (κ1) is 14.3. The summed E-state index contributed by atoms with van der Waals surface area (Å²) in [6.07, 6.45) is 3.43. The first-order valence-electron chi connectivity index (χ1n) is 6.54. The van der Waals surface area contributed by atoms with Crippen molar-refractivity contribution in [3.05, 3.63) is 36.4 Å². The largest absolute Gasteiger partial charge is 0.381 e. The highest BCUT2D eigenvalue weighted by molar-refractivity contribution is 7.93. The molecule has 3 nitrogen and oxygen atoms in total. The molecule has 0 saturated carbocycles. The van der Waals surface area contributed by atoms with Gasteiger partial charge in [-0.3, -0.25) is 0 Å². The van der Waals surface area contributed by atoms with E-state index in [1.807, 2.05) is 31.2 Å². The molecule has 104 valence electrons. The van der Waals surface area contributed by atoms with E-state index in [0.29, 0.717) is 13.2 Å². The lowest BCUT2D eigenvalue weighted by Crippen LogP contribution is -2.27. The Hall–Kier alpha value is -1.13. The van der Waals surface area contributed by atoms with Crippen LogP contribution in [0.5, 0.6) is 0 Å². The Balaban J connectivity index is 2.30. The van der Waals surface area contributed by atoms with E-state index in [9.17, 15) is 4.21 Å². The van der Waals surface area contributed by atoms with Gasteiger partial charge in [0, 0.05) is 24.7 Å². The molecule has 0 aliphatic carbocycles. The number of hydrogen-bond donors (Lipinski definition) is 0. The van der Waals surface area contributed by atoms with Crippen LogP contribution in [0.4, 0.5) is 5.69 Å². The minimum atomic E-state index is -2.21. The molecule has 19 heavy (non-hydrogen) atoms. The van der Waals surface area contributed by atoms with Crippen molar-refractivity contribution < 1.29 is 8.95 Å². The molecule has 1 unspecified atom stereocenters. The second-order valence-electron chi connectivity index (χ2n) is 5.09. The number of benzene rings is 1. The minimum absolute atomic E-state index is 0.134. The number of ether oxygens (including phenoxy) is 1. The molecule has 0 aromatic heterocycles. The van der Waals surface area contributed by atoms with Gasteiger partial charge in [-0.2, -0.15) is 4.36 Å². The molecule has 1 aromatic carbocycles. The van der Waals surface area contributed by atoms with Gasteiger partial charge in [0.1, 0.15) is 0 Å². The van der Waals surface area contributed by atoms with E-state index in [1.165, 1.54) is 0 Å². The van der Waals surface area contributed by atoms with E-state index in [0.717, 1.165) is 29.7 Å². The summed E-state index contributed by atoms with van der Waals surface area (Å²) in [5.41, 5.74) is 2.81. The average Bonchev–Trinajstić information content (AvgIpc) is 2.39. The molecule has 0 spiro atoms. The second-order valence-corrected chi connectivity index (χ2v) is 7.67. The van der Waals surface area contributed by atoms with Crippen molar-refractivity contribution in [1.82, 2.24) is 0 Å². The molecule has 1 aliphatic rings. The summed E-state index contributed by atoms with van der Waals surface area (Å²) >= 11 is 0. The fraction of sp³-hybridized carbons (Fsp3) is 0.467. The Kier molecular flexibility index (Phi) is 4.42. The molecule has 2 rings (SSSR count). The Labute approximate surface area is 115 Å². The van der Waals surface area contributed by atoms with E-state index < -0.39 is 9.73 Å². The zero-order valence-electron chi connectivity index (χ0n) is 11.6. The van der Waals surface area contributed by atoms with Crippen LogP contribution in [0.2, 0.25) is 0 Å². The third-order valence-corrected chi connectivity index (χ3v) is 5.69. The number of hydrogen-bond acceptors (Lipinski definition) is 3. The van der Waals surface area contributed by atoms with Gasteiger partial charge in [0.15, 0.2) is 0 Å². The average molecular weight is 279 g/mol. The first-order valence-corrected chi connectivity index (χ1v) is 8.52. The minimum Gasteiger partial charge on any atom is -0.381 e. The summed E-state index contributed by atoms with van der Waals surface area (Å²) in [4.78, 5) is 0. The summed E-state index contributed by atoms with van der Waals surface area (Å²) < 4.78 is 22.6. The summed E-state index contributed by atoms with van der Waals surface area (Å²) in [7, 11) is -2.21. The SMILES string of the molecule is C=C(C)c1cccc(N=S(C)(=O)C2CCOCC2)c1. The van der Waals surface area contributed by atoms with Crippen molar-refractivity contribution in [3.63, 3.8) is 0 Å². The molecule has 1 saturated heterocycles. The standard InChI is InChI=1S/C15H21NO2S/c1-12(2)13-5-4-6-14(11-13)16-19(3,17)15-7-9-18-10-8-15/h4-6,11,15H,1,7-10H2,2-3H3. The van der Waals surface area contributed by atoms with Crippen LogP contribution in [0.1, 0.15) is 25.3 Å². The second kappa shape index (κ2) is 5.88. The van der Waals surface area contributed by atoms with E-state index in [-0.39, 0.29) is 5.25 Å². The monoisotopic (exact) mass is 279 g/mol. The van der Waals surface area contributed by atoms with E-state index >= 15 is 0 Å². The van der Waals surface area contributed by atoms with E-state index in [4.69, 9.17) is 4.74 Å². The Morgan fingerprint density at radius 3 is 2.74 bits per heavy atom. The van der Waals surface area contributed by atoms with Gasteiger partial charge in [-0.05, 0) is 37.5 Å². The van der Waals surface area contributed by atoms with Crippen LogP contribution in [0.3, 0.4) is 0 Å². The van der Waals surface area contributed by atoms with Crippen LogP contribution in [0.15, 0.2) is 35.2 Å². The molecule has 1 fully saturated rings. The smallest absolute Gasteiger partial charge is 0.0736 e. The fourth-order valence-corrected chi connectivity index (χ4v) is 3.97. The van der Waals surface area contributed by atoms with Gasteiger partial charge in [0.05, 0.1) is 15.4 Å². The van der Waals surface area contributed by atoms with E-state index in [1.54, 1.807) is 6.26 Å². The van der Waals surface area contributed by atoms with Gasteiger partial charge in [-0.1, -0.05) is 24.3 Å². The zero-order valence-corrected chi connectivity index (χ0v) is 12.4. The molecular formula is C15H21NO2S. The zero-order chi connectivity index (χ0) is 13.9. The Bertz CT molecular complexity index is 580. The topological polar surface area (TPSA) is 38.7 Å². The summed E-state index contributed by atoms with van der Waals surface area (Å²) in [5, 5.41) is 0.134. The summed E-state index contributed by atoms with van der Waals surface area (Å²) in [6, 6.07) is 7.77. The Morgan fingerprint density at radius 1 is 1.42 bits per heavy atom. The van der Waals surface area contributed by atoms with Gasteiger partial charge < -0.3 is 4.74 Å². The van der Waals surface area contributed by atoms with Gasteiger partial charge in [0.2, 0.25) is 0 Å². The fourth-order valence-electron chi connectivity index (χ4n) is 2.23. The van der Waals surface area contributed by atoms with Gasteiger partial charge >= 0.3 is 0 Å². The van der Waals surface area contributed by atoms with Gasteiger partial charge in [0.25, 0.3) is 0 Å². The van der Waals surface area contributed by atoms with Crippen LogP contribution in [-0.2, 0) is 14.5 Å². The summed E-state index contributed by atoms with van der Waals surface area (Å²) in [6.45, 7) is 7.27. The maximum atomic E-state index is 12.7.